The van der Waals surface area contributed by atoms with E-state index in [9.17, 15) is 18.8 Å². The van der Waals surface area contributed by atoms with E-state index < -0.39 is 46.9 Å². The van der Waals surface area contributed by atoms with Gasteiger partial charge in [0.1, 0.15) is 29.7 Å². The van der Waals surface area contributed by atoms with Crippen LogP contribution in [-0.4, -0.2) is 84.2 Å². The molecule has 3 atom stereocenters. The first-order valence-electron chi connectivity index (χ1n) is 14.6. The Morgan fingerprint density at radius 1 is 1.09 bits per heavy atom. The van der Waals surface area contributed by atoms with Crippen LogP contribution in [0.5, 0.6) is 0 Å². The predicted octanol–water partition coefficient (Wildman–Crippen LogP) is 4.80. The molecule has 1 aliphatic heterocycles. The number of likely N-dealkylation sites (N-methyl/N-ethyl adjacent to an activating group) is 1. The van der Waals surface area contributed by atoms with Crippen molar-refractivity contribution >= 4 is 23.8 Å². The highest BCUT2D eigenvalue weighted by Gasteiger charge is 2.66. The molecule has 1 unspecified atom stereocenters. The van der Waals surface area contributed by atoms with E-state index in [0.29, 0.717) is 18.8 Å². The number of hydrogen-bond acceptors (Lipinski definition) is 9. The van der Waals surface area contributed by atoms with Crippen molar-refractivity contribution in [2.24, 2.45) is 0 Å². The Morgan fingerprint density at radius 3 is 2.35 bits per heavy atom. The molecule has 1 saturated heterocycles. The summed E-state index contributed by atoms with van der Waals surface area (Å²) in [6.07, 6.45) is 0.656. The van der Waals surface area contributed by atoms with Crippen molar-refractivity contribution in [3.05, 3.63) is 59.8 Å². The van der Waals surface area contributed by atoms with Crippen molar-refractivity contribution < 1.29 is 37.7 Å². The van der Waals surface area contributed by atoms with Crippen LogP contribution in [-0.2, 0) is 35.1 Å². The van der Waals surface area contributed by atoms with Gasteiger partial charge in [0.2, 0.25) is 5.60 Å². The second kappa shape index (κ2) is 12.9. The van der Waals surface area contributed by atoms with Gasteiger partial charge in [-0.3, -0.25) is 4.90 Å². The highest BCUT2D eigenvalue weighted by molar-refractivity contribution is 5.91. The fraction of sp³-hybridized carbons (Fsp3) is 0.562. The van der Waals surface area contributed by atoms with Crippen LogP contribution in [0.1, 0.15) is 64.5 Å². The maximum absolute atomic E-state index is 14.9. The fourth-order valence-electron chi connectivity index (χ4n) is 4.99. The molecule has 2 aromatic rings. The number of halogens is 1. The summed E-state index contributed by atoms with van der Waals surface area (Å²) >= 11 is 0. The number of carbonyl (C=O) groups is 3. The Hall–Kier alpha value is -3.73. The van der Waals surface area contributed by atoms with Gasteiger partial charge >= 0.3 is 18.0 Å². The van der Waals surface area contributed by atoms with Crippen molar-refractivity contribution in [3.8, 4) is 0 Å². The molecule has 4 rings (SSSR count). The average Bonchev–Trinajstić information content (AvgIpc) is 3.69. The molecule has 1 aliphatic carbocycles. The molecule has 11 heteroatoms. The number of hydrogen-bond donors (Lipinski definition) is 0. The van der Waals surface area contributed by atoms with Crippen LogP contribution in [0.15, 0.2) is 48.7 Å². The Bertz CT molecular complexity index is 1270. The number of benzene rings is 1. The number of alkyl halides is 1. The highest BCUT2D eigenvalue weighted by Crippen LogP contribution is 2.55. The lowest BCUT2D eigenvalue weighted by atomic mass is 10.00. The van der Waals surface area contributed by atoms with Gasteiger partial charge in [-0.2, -0.15) is 0 Å². The highest BCUT2D eigenvalue weighted by atomic mass is 19.1. The molecule has 0 N–H and O–H groups in total. The maximum Gasteiger partial charge on any atom is 0.410 e. The van der Waals surface area contributed by atoms with Gasteiger partial charge in [0, 0.05) is 45.1 Å². The lowest BCUT2D eigenvalue weighted by molar-refractivity contribution is -0.176. The Labute approximate surface area is 252 Å². The number of aromatic nitrogens is 1. The Kier molecular flexibility index (Phi) is 9.63. The van der Waals surface area contributed by atoms with Crippen molar-refractivity contribution in [2.75, 3.05) is 38.3 Å². The van der Waals surface area contributed by atoms with Gasteiger partial charge in [-0.25, -0.2) is 23.8 Å². The van der Waals surface area contributed by atoms with E-state index in [4.69, 9.17) is 18.9 Å². The molecule has 1 amide bonds. The molecule has 234 valence electrons. The Morgan fingerprint density at radius 2 is 1.77 bits per heavy atom. The van der Waals surface area contributed by atoms with E-state index in [1.165, 1.54) is 20.9 Å². The number of amides is 1. The Balaban J connectivity index is 1.58. The predicted molar refractivity (Wildman–Crippen MR) is 157 cm³/mol. The van der Waals surface area contributed by atoms with Crippen molar-refractivity contribution in [1.82, 2.24) is 9.88 Å². The van der Waals surface area contributed by atoms with Crippen LogP contribution in [0.2, 0.25) is 0 Å². The molecule has 0 bridgehead atoms. The van der Waals surface area contributed by atoms with Crippen LogP contribution >= 0.6 is 0 Å². The molecule has 2 heterocycles. The number of anilines is 1. The van der Waals surface area contributed by atoms with Crippen LogP contribution in [0.25, 0.3) is 0 Å². The molecular formula is C32H42FN3O7. The van der Waals surface area contributed by atoms with E-state index >= 15 is 0 Å². The third-order valence-corrected chi connectivity index (χ3v) is 7.36. The zero-order valence-corrected chi connectivity index (χ0v) is 25.8. The zero-order chi connectivity index (χ0) is 31.4. The number of esters is 2. The van der Waals surface area contributed by atoms with Crippen LogP contribution < -0.4 is 4.90 Å². The quantitative estimate of drug-likeness (QED) is 0.281. The van der Waals surface area contributed by atoms with Gasteiger partial charge < -0.3 is 23.8 Å². The number of morpholine rings is 1. The standard InChI is InChI=1S/C32H42FN3O7/c1-30(2,3)43-29(39)35(6)25(19-31(4,5)33)27(37)42-32(28(38)41-21-22-10-8-7-9-11-22)18-24(32)23-12-13-26(34-20-23)36-14-16-40-17-15-36/h7-13,20,24-25H,14-19,21H2,1-6H3/t24-,25+,32?/m1/s1. The van der Waals surface area contributed by atoms with E-state index in [-0.39, 0.29) is 19.4 Å². The van der Waals surface area contributed by atoms with E-state index in [1.807, 2.05) is 42.5 Å². The second-order valence-corrected chi connectivity index (χ2v) is 12.7. The number of ether oxygens (including phenoxy) is 4. The molecule has 43 heavy (non-hydrogen) atoms. The first kappa shape index (κ1) is 32.2. The normalized spacial score (nSPS) is 21.0. The average molecular weight is 600 g/mol. The van der Waals surface area contributed by atoms with Crippen molar-refractivity contribution in [1.29, 1.82) is 0 Å². The summed E-state index contributed by atoms with van der Waals surface area (Å²) in [6.45, 7) is 10.4. The van der Waals surface area contributed by atoms with Gasteiger partial charge in [0.15, 0.2) is 0 Å². The number of rotatable bonds is 10. The molecule has 1 aromatic carbocycles. The maximum atomic E-state index is 14.9. The molecule has 1 aromatic heterocycles. The van der Waals surface area contributed by atoms with Gasteiger partial charge in [-0.05, 0) is 51.8 Å². The minimum absolute atomic E-state index is 0.0152. The summed E-state index contributed by atoms with van der Waals surface area (Å²) in [5, 5.41) is 0. The van der Waals surface area contributed by atoms with Crippen LogP contribution in [0.4, 0.5) is 15.0 Å². The second-order valence-electron chi connectivity index (χ2n) is 12.7. The van der Waals surface area contributed by atoms with E-state index in [0.717, 1.165) is 29.4 Å². The smallest absolute Gasteiger partial charge is 0.410 e. The largest absolute Gasteiger partial charge is 0.458 e. The lowest BCUT2D eigenvalue weighted by Crippen LogP contribution is -2.49. The van der Waals surface area contributed by atoms with Crippen molar-refractivity contribution in [2.45, 2.75) is 82.9 Å². The fourth-order valence-corrected chi connectivity index (χ4v) is 4.99. The van der Waals surface area contributed by atoms with Gasteiger partial charge in [0.05, 0.1) is 13.2 Å². The molecular weight excluding hydrogens is 557 g/mol. The molecule has 10 nitrogen and oxygen atoms in total. The van der Waals surface area contributed by atoms with Gasteiger partial charge in [0.25, 0.3) is 0 Å². The molecule has 2 fully saturated rings. The van der Waals surface area contributed by atoms with Crippen LogP contribution in [0.3, 0.4) is 0 Å². The molecule has 1 saturated carbocycles. The van der Waals surface area contributed by atoms with Crippen LogP contribution in [0, 0.1) is 0 Å². The van der Waals surface area contributed by atoms with Gasteiger partial charge in [-0.1, -0.05) is 36.4 Å². The first-order chi connectivity index (χ1) is 20.2. The van der Waals surface area contributed by atoms with E-state index in [2.05, 4.69) is 9.88 Å². The summed E-state index contributed by atoms with van der Waals surface area (Å²) in [5.74, 6) is -1.38. The SMILES string of the molecule is CN(C(=O)OC(C)(C)C)[C@@H](CC(C)(C)F)C(=O)OC1(C(=O)OCc2ccccc2)C[C@@H]1c1ccc(N2CCOCC2)nc1. The summed E-state index contributed by atoms with van der Waals surface area (Å²) in [6, 6.07) is 11.5. The van der Waals surface area contributed by atoms with Gasteiger partial charge in [-0.15, -0.1) is 0 Å². The lowest BCUT2D eigenvalue weighted by Gasteiger charge is -2.32. The monoisotopic (exact) mass is 599 g/mol. The number of carbonyl (C=O) groups excluding carboxylic acids is 3. The topological polar surface area (TPSA) is 108 Å². The number of nitrogens with zero attached hydrogens (tertiary/aromatic N) is 3. The minimum Gasteiger partial charge on any atom is -0.458 e. The molecule has 0 spiro atoms. The van der Waals surface area contributed by atoms with E-state index in [1.54, 1.807) is 27.0 Å². The third-order valence-electron chi connectivity index (χ3n) is 7.36. The first-order valence-corrected chi connectivity index (χ1v) is 14.6. The summed E-state index contributed by atoms with van der Waals surface area (Å²) in [4.78, 5) is 47.9. The summed E-state index contributed by atoms with van der Waals surface area (Å²) < 4.78 is 37.3. The zero-order valence-electron chi connectivity index (χ0n) is 25.8. The minimum atomic E-state index is -1.83. The summed E-state index contributed by atoms with van der Waals surface area (Å²) in [5.41, 5.74) is -2.85. The summed E-state index contributed by atoms with van der Waals surface area (Å²) in [7, 11) is 1.35. The molecule has 2 aliphatic rings. The third kappa shape index (κ3) is 8.43. The molecule has 0 radical (unpaired) electrons. The van der Waals surface area contributed by atoms with Crippen molar-refractivity contribution in [3.63, 3.8) is 0 Å². The number of pyridine rings is 1.